The number of carbonyl (C=O) groups excluding carboxylic acids is 2. The van der Waals surface area contributed by atoms with Crippen LogP contribution in [0.5, 0.6) is 0 Å². The Balaban J connectivity index is 1.89. The Morgan fingerprint density at radius 2 is 2.17 bits per heavy atom. The van der Waals surface area contributed by atoms with Crippen molar-refractivity contribution in [2.24, 2.45) is 0 Å². The van der Waals surface area contributed by atoms with Gasteiger partial charge < -0.3 is 20.3 Å². The number of nitrogens with one attached hydrogen (secondary N) is 2. The number of anilines is 1. The zero-order valence-corrected chi connectivity index (χ0v) is 13.0. The lowest BCUT2D eigenvalue weighted by atomic mass is 10.2. The molecule has 0 aromatic heterocycles. The van der Waals surface area contributed by atoms with Crippen molar-refractivity contribution in [2.75, 3.05) is 32.1 Å². The predicted octanol–water partition coefficient (Wildman–Crippen LogP) is 2.07. The van der Waals surface area contributed by atoms with Gasteiger partial charge in [-0.1, -0.05) is 6.07 Å². The maximum atomic E-state index is 12.6. The summed E-state index contributed by atoms with van der Waals surface area (Å²) in [5.41, 5.74) is -0.815. The van der Waals surface area contributed by atoms with E-state index in [0.29, 0.717) is 19.7 Å². The molecule has 132 valence electrons. The molecule has 3 amide bonds. The predicted molar refractivity (Wildman–Crippen MR) is 80.5 cm³/mol. The van der Waals surface area contributed by atoms with Crippen LogP contribution in [0.4, 0.5) is 23.7 Å². The number of benzene rings is 1. The van der Waals surface area contributed by atoms with Crippen molar-refractivity contribution in [3.63, 3.8) is 0 Å². The third-order valence-electron chi connectivity index (χ3n) is 3.56. The van der Waals surface area contributed by atoms with Crippen molar-refractivity contribution in [1.82, 2.24) is 10.2 Å². The summed E-state index contributed by atoms with van der Waals surface area (Å²) < 4.78 is 42.8. The van der Waals surface area contributed by atoms with Crippen LogP contribution in [-0.4, -0.2) is 49.7 Å². The van der Waals surface area contributed by atoms with Gasteiger partial charge in [0.15, 0.2) is 0 Å². The number of rotatable bonds is 5. The number of amides is 3. The van der Waals surface area contributed by atoms with Crippen molar-refractivity contribution in [3.05, 3.63) is 29.8 Å². The van der Waals surface area contributed by atoms with Crippen LogP contribution in [0.15, 0.2) is 24.3 Å². The molecule has 2 rings (SSSR count). The molecule has 1 saturated heterocycles. The van der Waals surface area contributed by atoms with E-state index in [9.17, 15) is 22.8 Å². The summed E-state index contributed by atoms with van der Waals surface area (Å²) in [6.45, 7) is 1.18. The normalized spacial score (nSPS) is 17.9. The molecule has 0 radical (unpaired) electrons. The van der Waals surface area contributed by atoms with Crippen LogP contribution in [0, 0.1) is 0 Å². The highest BCUT2D eigenvalue weighted by Gasteiger charge is 2.31. The van der Waals surface area contributed by atoms with Crippen LogP contribution in [0.2, 0.25) is 0 Å². The molecular weight excluding hydrogens is 327 g/mol. The number of halogens is 3. The summed E-state index contributed by atoms with van der Waals surface area (Å²) in [6, 6.07) is 3.31. The van der Waals surface area contributed by atoms with Gasteiger partial charge in [-0.3, -0.25) is 4.79 Å². The number of ether oxygens (including phenoxy) is 1. The fourth-order valence-corrected chi connectivity index (χ4v) is 2.41. The highest BCUT2D eigenvalue weighted by Crippen LogP contribution is 2.30. The van der Waals surface area contributed by atoms with E-state index in [1.807, 2.05) is 0 Å². The van der Waals surface area contributed by atoms with Gasteiger partial charge in [0.1, 0.15) is 0 Å². The number of methoxy groups -OCH3 is 1. The Hall–Kier alpha value is -2.29. The van der Waals surface area contributed by atoms with Gasteiger partial charge in [0.05, 0.1) is 18.2 Å². The zero-order chi connectivity index (χ0) is 17.7. The number of alkyl halides is 3. The number of hydrogen-bond acceptors (Lipinski definition) is 3. The largest absolute Gasteiger partial charge is 0.416 e. The maximum Gasteiger partial charge on any atom is 0.416 e. The van der Waals surface area contributed by atoms with Gasteiger partial charge in [-0.2, -0.15) is 13.2 Å². The molecule has 0 aliphatic carbocycles. The second-order valence-corrected chi connectivity index (χ2v) is 5.41. The van der Waals surface area contributed by atoms with E-state index in [-0.39, 0.29) is 24.1 Å². The van der Waals surface area contributed by atoms with E-state index in [0.717, 1.165) is 12.1 Å². The number of urea groups is 1. The van der Waals surface area contributed by atoms with Crippen LogP contribution in [0.3, 0.4) is 0 Å². The van der Waals surface area contributed by atoms with E-state index >= 15 is 0 Å². The molecule has 6 nitrogen and oxygen atoms in total. The Bertz CT molecular complexity index is 607. The SMILES string of the molecule is COCCN1C[C@@H](NC(=O)Nc2cccc(C(F)(F)F)c2)CC1=O. The summed E-state index contributed by atoms with van der Waals surface area (Å²) in [6.07, 6.45) is -4.33. The molecule has 0 bridgehead atoms. The van der Waals surface area contributed by atoms with Crippen LogP contribution >= 0.6 is 0 Å². The summed E-state index contributed by atoms with van der Waals surface area (Å²) in [5.74, 6) is -0.101. The van der Waals surface area contributed by atoms with E-state index in [1.165, 1.54) is 19.2 Å². The molecule has 1 aromatic carbocycles. The molecular formula is C15H18F3N3O3. The van der Waals surface area contributed by atoms with Gasteiger partial charge in [-0.15, -0.1) is 0 Å². The van der Waals surface area contributed by atoms with E-state index in [2.05, 4.69) is 10.6 Å². The van der Waals surface area contributed by atoms with Crippen molar-refractivity contribution >= 4 is 17.6 Å². The highest BCUT2D eigenvalue weighted by molar-refractivity contribution is 5.90. The van der Waals surface area contributed by atoms with Crippen LogP contribution in [0.25, 0.3) is 0 Å². The summed E-state index contributed by atoms with van der Waals surface area (Å²) in [5, 5.41) is 4.94. The molecule has 1 fully saturated rings. The molecule has 24 heavy (non-hydrogen) atoms. The lowest BCUT2D eigenvalue weighted by molar-refractivity contribution is -0.137. The van der Waals surface area contributed by atoms with Gasteiger partial charge >= 0.3 is 12.2 Å². The van der Waals surface area contributed by atoms with Crippen molar-refractivity contribution < 1.29 is 27.5 Å². The molecule has 1 aliphatic rings. The summed E-state index contributed by atoms with van der Waals surface area (Å²) >= 11 is 0. The fraction of sp³-hybridized carbons (Fsp3) is 0.467. The standard InChI is InChI=1S/C15H18F3N3O3/c1-24-6-5-21-9-12(8-13(21)22)20-14(23)19-11-4-2-3-10(7-11)15(16,17)18/h2-4,7,12H,5-6,8-9H2,1H3,(H2,19,20,23)/t12-/m0/s1. The molecule has 0 unspecified atom stereocenters. The van der Waals surface area contributed by atoms with Gasteiger partial charge in [0.25, 0.3) is 0 Å². The van der Waals surface area contributed by atoms with Crippen molar-refractivity contribution in [1.29, 1.82) is 0 Å². The number of nitrogens with zero attached hydrogens (tertiary/aromatic N) is 1. The smallest absolute Gasteiger partial charge is 0.383 e. The van der Waals surface area contributed by atoms with Crippen LogP contribution in [-0.2, 0) is 15.7 Å². The first-order valence-electron chi connectivity index (χ1n) is 7.31. The van der Waals surface area contributed by atoms with E-state index in [4.69, 9.17) is 4.74 Å². The Morgan fingerprint density at radius 1 is 1.42 bits per heavy atom. The second-order valence-electron chi connectivity index (χ2n) is 5.41. The van der Waals surface area contributed by atoms with Crippen molar-refractivity contribution in [2.45, 2.75) is 18.6 Å². The van der Waals surface area contributed by atoms with Crippen LogP contribution < -0.4 is 10.6 Å². The van der Waals surface area contributed by atoms with Gasteiger partial charge in [0.2, 0.25) is 5.91 Å². The minimum Gasteiger partial charge on any atom is -0.383 e. The molecule has 2 N–H and O–H groups in total. The average Bonchev–Trinajstić information content (AvgIpc) is 2.84. The molecule has 0 saturated carbocycles. The number of carbonyl (C=O) groups is 2. The molecule has 1 atom stereocenters. The van der Waals surface area contributed by atoms with Gasteiger partial charge in [-0.25, -0.2) is 4.79 Å². The minimum absolute atomic E-state index is 0.0305. The molecule has 1 aromatic rings. The Labute approximate surface area is 137 Å². The average molecular weight is 345 g/mol. The first kappa shape index (κ1) is 18.1. The monoisotopic (exact) mass is 345 g/mol. The lowest BCUT2D eigenvalue weighted by Gasteiger charge is -2.17. The third kappa shape index (κ3) is 4.85. The van der Waals surface area contributed by atoms with E-state index < -0.39 is 17.8 Å². The van der Waals surface area contributed by atoms with Gasteiger partial charge in [0, 0.05) is 32.3 Å². The topological polar surface area (TPSA) is 70.7 Å². The molecule has 0 spiro atoms. The molecule has 1 heterocycles. The first-order valence-corrected chi connectivity index (χ1v) is 7.31. The zero-order valence-electron chi connectivity index (χ0n) is 13.0. The quantitative estimate of drug-likeness (QED) is 0.858. The second kappa shape index (κ2) is 7.52. The summed E-state index contributed by atoms with van der Waals surface area (Å²) in [7, 11) is 1.53. The maximum absolute atomic E-state index is 12.6. The Morgan fingerprint density at radius 3 is 2.83 bits per heavy atom. The Kier molecular flexibility index (Phi) is 5.66. The van der Waals surface area contributed by atoms with Gasteiger partial charge in [-0.05, 0) is 18.2 Å². The highest BCUT2D eigenvalue weighted by atomic mass is 19.4. The number of hydrogen-bond donors (Lipinski definition) is 2. The molecule has 9 heteroatoms. The van der Waals surface area contributed by atoms with Crippen molar-refractivity contribution in [3.8, 4) is 0 Å². The lowest BCUT2D eigenvalue weighted by Crippen LogP contribution is -2.40. The van der Waals surface area contributed by atoms with Crippen LogP contribution in [0.1, 0.15) is 12.0 Å². The van der Waals surface area contributed by atoms with E-state index in [1.54, 1.807) is 4.90 Å². The molecule has 1 aliphatic heterocycles. The summed E-state index contributed by atoms with van der Waals surface area (Å²) in [4.78, 5) is 25.2. The fourth-order valence-electron chi connectivity index (χ4n) is 2.41. The minimum atomic E-state index is -4.48. The third-order valence-corrected chi connectivity index (χ3v) is 3.56. The first-order chi connectivity index (χ1) is 11.3. The number of likely N-dealkylation sites (tertiary alicyclic amines) is 1.